The van der Waals surface area contributed by atoms with E-state index in [2.05, 4.69) is 5.16 Å². The summed E-state index contributed by atoms with van der Waals surface area (Å²) in [6, 6.07) is 14.8. The Kier molecular flexibility index (Phi) is 3.95. The summed E-state index contributed by atoms with van der Waals surface area (Å²) in [7, 11) is 0. The van der Waals surface area contributed by atoms with Crippen LogP contribution in [0.4, 0.5) is 5.69 Å². The summed E-state index contributed by atoms with van der Waals surface area (Å²) < 4.78 is 5.30. The molecule has 0 saturated carbocycles. The monoisotopic (exact) mass is 349 g/mol. The minimum absolute atomic E-state index is 0.0769. The molecule has 3 aromatic rings. The SMILES string of the molecule is C[C@H]1C[C@H](C(N)=O)c2ccccc2N1C(=O)Cc1noc2ccccc12. The van der Waals surface area contributed by atoms with Gasteiger partial charge in [0.1, 0.15) is 5.69 Å². The molecule has 1 aliphatic rings. The van der Waals surface area contributed by atoms with Crippen molar-refractivity contribution in [2.45, 2.75) is 31.7 Å². The van der Waals surface area contributed by atoms with Crippen molar-refractivity contribution in [1.82, 2.24) is 5.16 Å². The highest BCUT2D eigenvalue weighted by atomic mass is 16.5. The Morgan fingerprint density at radius 3 is 2.73 bits per heavy atom. The molecule has 132 valence electrons. The van der Waals surface area contributed by atoms with Gasteiger partial charge in [-0.2, -0.15) is 0 Å². The van der Waals surface area contributed by atoms with Gasteiger partial charge in [-0.15, -0.1) is 0 Å². The van der Waals surface area contributed by atoms with Gasteiger partial charge in [-0.05, 0) is 37.1 Å². The first-order chi connectivity index (χ1) is 12.6. The molecule has 2 N–H and O–H groups in total. The van der Waals surface area contributed by atoms with E-state index in [1.807, 2.05) is 55.5 Å². The van der Waals surface area contributed by atoms with Crippen LogP contribution in [-0.2, 0) is 16.0 Å². The Balaban J connectivity index is 1.69. The quantitative estimate of drug-likeness (QED) is 0.787. The van der Waals surface area contributed by atoms with Gasteiger partial charge < -0.3 is 15.2 Å². The molecule has 2 atom stereocenters. The fourth-order valence-corrected chi connectivity index (χ4v) is 3.76. The van der Waals surface area contributed by atoms with Crippen LogP contribution in [0.25, 0.3) is 11.0 Å². The number of nitrogens with zero attached hydrogens (tertiary/aromatic N) is 2. The molecule has 0 fully saturated rings. The van der Waals surface area contributed by atoms with Crippen LogP contribution in [-0.4, -0.2) is 23.0 Å². The first kappa shape index (κ1) is 16.3. The zero-order valence-corrected chi connectivity index (χ0v) is 14.4. The minimum atomic E-state index is -0.377. The third-order valence-corrected chi connectivity index (χ3v) is 4.97. The van der Waals surface area contributed by atoms with Gasteiger partial charge in [-0.25, -0.2) is 0 Å². The van der Waals surface area contributed by atoms with Crippen molar-refractivity contribution < 1.29 is 14.1 Å². The molecule has 0 unspecified atom stereocenters. The van der Waals surface area contributed by atoms with Gasteiger partial charge in [0.15, 0.2) is 5.58 Å². The van der Waals surface area contributed by atoms with Gasteiger partial charge in [0.25, 0.3) is 0 Å². The van der Waals surface area contributed by atoms with Gasteiger partial charge in [-0.1, -0.05) is 35.5 Å². The maximum atomic E-state index is 13.1. The maximum absolute atomic E-state index is 13.1. The van der Waals surface area contributed by atoms with Crippen LogP contribution in [0.5, 0.6) is 0 Å². The highest BCUT2D eigenvalue weighted by molar-refractivity contribution is 5.99. The lowest BCUT2D eigenvalue weighted by atomic mass is 9.85. The molecule has 6 nitrogen and oxygen atoms in total. The van der Waals surface area contributed by atoms with Crippen LogP contribution >= 0.6 is 0 Å². The number of hydrogen-bond acceptors (Lipinski definition) is 4. The Morgan fingerprint density at radius 2 is 1.92 bits per heavy atom. The topological polar surface area (TPSA) is 89.4 Å². The molecule has 0 spiro atoms. The molecule has 0 saturated heterocycles. The lowest BCUT2D eigenvalue weighted by molar-refractivity contribution is -0.121. The zero-order valence-electron chi connectivity index (χ0n) is 14.4. The minimum Gasteiger partial charge on any atom is -0.369 e. The fraction of sp³-hybridized carbons (Fsp3) is 0.250. The molecule has 0 radical (unpaired) electrons. The lowest BCUT2D eigenvalue weighted by Gasteiger charge is -2.38. The van der Waals surface area contributed by atoms with Crippen molar-refractivity contribution in [2.75, 3.05) is 4.90 Å². The van der Waals surface area contributed by atoms with Crippen LogP contribution in [0.15, 0.2) is 53.1 Å². The second kappa shape index (κ2) is 6.29. The van der Waals surface area contributed by atoms with E-state index in [0.29, 0.717) is 17.7 Å². The summed E-state index contributed by atoms with van der Waals surface area (Å²) >= 11 is 0. The number of aromatic nitrogens is 1. The molecule has 2 heterocycles. The average molecular weight is 349 g/mol. The van der Waals surface area contributed by atoms with Crippen molar-refractivity contribution in [3.63, 3.8) is 0 Å². The number of fused-ring (bicyclic) bond motifs is 2. The van der Waals surface area contributed by atoms with Crippen molar-refractivity contribution >= 4 is 28.5 Å². The Morgan fingerprint density at radius 1 is 1.19 bits per heavy atom. The number of primary amides is 1. The number of carbonyl (C=O) groups excluding carboxylic acids is 2. The van der Waals surface area contributed by atoms with Crippen molar-refractivity contribution in [3.05, 3.63) is 59.8 Å². The standard InChI is InChI=1S/C20H19N3O3/c1-12-10-15(20(21)25)13-6-2-4-8-17(13)23(12)19(24)11-16-14-7-3-5-9-18(14)26-22-16/h2-9,12,15H,10-11H2,1H3,(H2,21,25)/t12-,15-/m0/s1. The summed E-state index contributed by atoms with van der Waals surface area (Å²) in [6.45, 7) is 1.94. The van der Waals surface area contributed by atoms with Crippen molar-refractivity contribution in [2.24, 2.45) is 5.73 Å². The van der Waals surface area contributed by atoms with Crippen molar-refractivity contribution in [1.29, 1.82) is 0 Å². The molecule has 1 aliphatic heterocycles. The van der Waals surface area contributed by atoms with Crippen LogP contribution < -0.4 is 10.6 Å². The van der Waals surface area contributed by atoms with E-state index in [9.17, 15) is 9.59 Å². The smallest absolute Gasteiger partial charge is 0.233 e. The highest BCUT2D eigenvalue weighted by Gasteiger charge is 2.36. The van der Waals surface area contributed by atoms with E-state index in [1.165, 1.54) is 0 Å². The second-order valence-electron chi connectivity index (χ2n) is 6.66. The molecule has 2 amide bonds. The predicted molar refractivity (Wildman–Crippen MR) is 97.7 cm³/mol. The first-order valence-corrected chi connectivity index (χ1v) is 8.60. The predicted octanol–water partition coefficient (Wildman–Crippen LogP) is 2.76. The van der Waals surface area contributed by atoms with Crippen LogP contribution in [0.1, 0.15) is 30.5 Å². The van der Waals surface area contributed by atoms with E-state index in [1.54, 1.807) is 4.90 Å². The van der Waals surface area contributed by atoms with Crippen molar-refractivity contribution in [3.8, 4) is 0 Å². The summed E-state index contributed by atoms with van der Waals surface area (Å²) in [5.74, 6) is -0.816. The third kappa shape index (κ3) is 2.63. The maximum Gasteiger partial charge on any atom is 0.233 e. The molecule has 1 aromatic heterocycles. The molecule has 0 aliphatic carbocycles. The molecule has 0 bridgehead atoms. The van der Waals surface area contributed by atoms with Crippen LogP contribution in [0, 0.1) is 0 Å². The number of benzene rings is 2. The third-order valence-electron chi connectivity index (χ3n) is 4.97. The van der Waals surface area contributed by atoms with E-state index < -0.39 is 0 Å². The number of anilines is 1. The van der Waals surface area contributed by atoms with Gasteiger partial charge >= 0.3 is 0 Å². The number of carbonyl (C=O) groups is 2. The molecule has 4 rings (SSSR count). The molecular weight excluding hydrogens is 330 g/mol. The average Bonchev–Trinajstić information content (AvgIpc) is 3.03. The number of nitrogens with two attached hydrogens (primary N) is 1. The fourth-order valence-electron chi connectivity index (χ4n) is 3.76. The summed E-state index contributed by atoms with van der Waals surface area (Å²) in [5, 5.41) is 4.90. The van der Waals surface area contributed by atoms with Gasteiger partial charge in [-0.3, -0.25) is 9.59 Å². The molecule has 6 heteroatoms. The van der Waals surface area contributed by atoms with Crippen LogP contribution in [0.3, 0.4) is 0 Å². The number of para-hydroxylation sites is 2. The highest BCUT2D eigenvalue weighted by Crippen LogP contribution is 2.38. The Bertz CT molecular complexity index is 995. The molecule has 2 aromatic carbocycles. The van der Waals surface area contributed by atoms with Gasteiger partial charge in [0, 0.05) is 17.1 Å². The second-order valence-corrected chi connectivity index (χ2v) is 6.66. The summed E-state index contributed by atoms with van der Waals surface area (Å²) in [6.07, 6.45) is 0.647. The normalized spacial score (nSPS) is 19.3. The number of rotatable bonds is 3. The van der Waals surface area contributed by atoms with Crippen LogP contribution in [0.2, 0.25) is 0 Å². The summed E-state index contributed by atoms with van der Waals surface area (Å²) in [4.78, 5) is 26.7. The van der Waals surface area contributed by atoms with Gasteiger partial charge in [0.2, 0.25) is 11.8 Å². The van der Waals surface area contributed by atoms with E-state index in [-0.39, 0.29) is 30.2 Å². The lowest BCUT2D eigenvalue weighted by Crippen LogP contribution is -2.46. The zero-order chi connectivity index (χ0) is 18.3. The Labute approximate surface area is 150 Å². The molecular formula is C20H19N3O3. The molecule has 26 heavy (non-hydrogen) atoms. The summed E-state index contributed by atoms with van der Waals surface area (Å²) in [5.41, 5.74) is 8.40. The van der Waals surface area contributed by atoms with E-state index in [4.69, 9.17) is 10.3 Å². The first-order valence-electron chi connectivity index (χ1n) is 8.60. The largest absolute Gasteiger partial charge is 0.369 e. The Hall–Kier alpha value is -3.15. The van der Waals surface area contributed by atoms with Gasteiger partial charge in [0.05, 0.1) is 12.3 Å². The number of hydrogen-bond donors (Lipinski definition) is 1. The van der Waals surface area contributed by atoms with E-state index in [0.717, 1.165) is 16.6 Å². The van der Waals surface area contributed by atoms with E-state index >= 15 is 0 Å². The number of amides is 2.